The molecule has 4 nitrogen and oxygen atoms in total. The average molecular weight is 259 g/mol. The summed E-state index contributed by atoms with van der Waals surface area (Å²) in [5, 5.41) is 9.22. The zero-order valence-electron chi connectivity index (χ0n) is 11.2. The number of nitrogens with two attached hydrogens (primary N) is 1. The number of nitriles is 1. The number of fused-ring (bicyclic) bond motifs is 3. The van der Waals surface area contributed by atoms with Gasteiger partial charge in [-0.2, -0.15) is 5.26 Å². The van der Waals surface area contributed by atoms with Crippen molar-refractivity contribution in [1.82, 2.24) is 4.90 Å². The third-order valence-corrected chi connectivity index (χ3v) is 6.23. The fourth-order valence-electron chi connectivity index (χ4n) is 4.99. The largest absolute Gasteiger partial charge is 0.322 e. The Bertz CT molecular complexity index is 461. The lowest BCUT2D eigenvalue weighted by Gasteiger charge is -2.36. The van der Waals surface area contributed by atoms with Crippen molar-refractivity contribution in [3.05, 3.63) is 0 Å². The summed E-state index contributed by atoms with van der Waals surface area (Å²) in [6.45, 7) is 0. The topological polar surface area (TPSA) is 70.1 Å². The van der Waals surface area contributed by atoms with Gasteiger partial charge in [-0.05, 0) is 62.2 Å². The smallest absolute Gasteiger partial charge is 0.241 e. The summed E-state index contributed by atoms with van der Waals surface area (Å²) in [5.41, 5.74) is 6.44. The number of piperidine rings is 1. The van der Waals surface area contributed by atoms with Crippen molar-refractivity contribution in [3.63, 3.8) is 0 Å². The van der Waals surface area contributed by atoms with Crippen LogP contribution in [0.15, 0.2) is 0 Å². The van der Waals surface area contributed by atoms with E-state index in [2.05, 4.69) is 6.07 Å². The number of nitrogens with zero attached hydrogens (tertiary/aromatic N) is 2. The van der Waals surface area contributed by atoms with Crippen LogP contribution < -0.4 is 5.73 Å². The first kappa shape index (κ1) is 11.7. The highest BCUT2D eigenvalue weighted by atomic mass is 16.2. The Morgan fingerprint density at radius 3 is 2.68 bits per heavy atom. The molecule has 2 N–H and O–H groups in total. The predicted molar refractivity (Wildman–Crippen MR) is 69.7 cm³/mol. The third-order valence-electron chi connectivity index (χ3n) is 6.23. The van der Waals surface area contributed by atoms with E-state index < -0.39 is 0 Å². The first-order chi connectivity index (χ1) is 9.14. The van der Waals surface area contributed by atoms with Gasteiger partial charge in [-0.1, -0.05) is 0 Å². The van der Waals surface area contributed by atoms with Crippen molar-refractivity contribution in [2.24, 2.45) is 23.0 Å². The molecule has 3 saturated carbocycles. The second kappa shape index (κ2) is 3.73. The van der Waals surface area contributed by atoms with Crippen LogP contribution in [-0.4, -0.2) is 28.9 Å². The van der Waals surface area contributed by atoms with Gasteiger partial charge in [-0.15, -0.1) is 0 Å². The standard InChI is InChI=1S/C15H21N3O/c16-8-11-5-10-6-12(10)18(11)14(19)13(17)15-3-1-9(7-15)2-4-15/h9-13H,1-7,17H2. The molecule has 4 unspecified atom stereocenters. The van der Waals surface area contributed by atoms with E-state index >= 15 is 0 Å². The monoisotopic (exact) mass is 259 g/mol. The van der Waals surface area contributed by atoms with Crippen LogP contribution in [0.3, 0.4) is 0 Å². The van der Waals surface area contributed by atoms with Gasteiger partial charge in [0.1, 0.15) is 6.04 Å². The summed E-state index contributed by atoms with van der Waals surface area (Å²) in [7, 11) is 0. The number of hydrogen-bond acceptors (Lipinski definition) is 3. The van der Waals surface area contributed by atoms with Crippen LogP contribution in [-0.2, 0) is 4.79 Å². The van der Waals surface area contributed by atoms with Crippen molar-refractivity contribution in [2.75, 3.05) is 0 Å². The van der Waals surface area contributed by atoms with Gasteiger partial charge in [0.15, 0.2) is 0 Å². The van der Waals surface area contributed by atoms with Gasteiger partial charge in [-0.3, -0.25) is 4.79 Å². The molecule has 4 rings (SSSR count). The molecule has 4 heteroatoms. The molecule has 102 valence electrons. The van der Waals surface area contributed by atoms with Crippen LogP contribution in [0, 0.1) is 28.6 Å². The van der Waals surface area contributed by atoms with Crippen LogP contribution in [0.4, 0.5) is 0 Å². The van der Waals surface area contributed by atoms with Crippen LogP contribution >= 0.6 is 0 Å². The molecule has 4 aliphatic rings. The number of likely N-dealkylation sites (tertiary alicyclic amines) is 1. The predicted octanol–water partition coefficient (Wildman–Crippen LogP) is 1.41. The number of carbonyl (C=O) groups is 1. The average Bonchev–Trinajstić information content (AvgIpc) is 2.86. The first-order valence-electron chi connectivity index (χ1n) is 7.62. The summed E-state index contributed by atoms with van der Waals surface area (Å²) < 4.78 is 0. The molecule has 1 saturated heterocycles. The lowest BCUT2D eigenvalue weighted by Crippen LogP contribution is -2.54. The minimum Gasteiger partial charge on any atom is -0.322 e. The Labute approximate surface area is 113 Å². The summed E-state index contributed by atoms with van der Waals surface area (Å²) in [6.07, 6.45) is 7.82. The maximum atomic E-state index is 12.8. The molecule has 3 aliphatic carbocycles. The van der Waals surface area contributed by atoms with Crippen molar-refractivity contribution < 1.29 is 4.79 Å². The molecule has 19 heavy (non-hydrogen) atoms. The Morgan fingerprint density at radius 2 is 2.11 bits per heavy atom. The highest BCUT2D eigenvalue weighted by Gasteiger charge is 2.58. The van der Waals surface area contributed by atoms with E-state index in [4.69, 9.17) is 5.73 Å². The number of amides is 1. The van der Waals surface area contributed by atoms with E-state index in [0.717, 1.165) is 38.0 Å². The van der Waals surface area contributed by atoms with Crippen LogP contribution in [0.1, 0.15) is 44.9 Å². The maximum Gasteiger partial charge on any atom is 0.241 e. The number of hydrogen-bond donors (Lipinski definition) is 1. The molecule has 0 spiro atoms. The summed E-state index contributed by atoms with van der Waals surface area (Å²) in [6, 6.07) is 2.05. The summed E-state index contributed by atoms with van der Waals surface area (Å²) >= 11 is 0. The highest BCUT2D eigenvalue weighted by molar-refractivity contribution is 5.84. The van der Waals surface area contributed by atoms with Gasteiger partial charge in [-0.25, -0.2) is 0 Å². The van der Waals surface area contributed by atoms with Crippen LogP contribution in [0.2, 0.25) is 0 Å². The van der Waals surface area contributed by atoms with E-state index in [9.17, 15) is 10.1 Å². The van der Waals surface area contributed by atoms with Crippen LogP contribution in [0.25, 0.3) is 0 Å². The van der Waals surface area contributed by atoms with Crippen LogP contribution in [0.5, 0.6) is 0 Å². The fourth-order valence-corrected chi connectivity index (χ4v) is 4.99. The molecule has 0 aromatic rings. The minimum atomic E-state index is -0.366. The quantitative estimate of drug-likeness (QED) is 0.815. The lowest BCUT2D eigenvalue weighted by atomic mass is 9.77. The zero-order chi connectivity index (χ0) is 13.2. The molecular formula is C15H21N3O. The van der Waals surface area contributed by atoms with E-state index in [-0.39, 0.29) is 23.4 Å². The lowest BCUT2D eigenvalue weighted by molar-refractivity contribution is -0.136. The molecule has 1 amide bonds. The second-order valence-corrected chi connectivity index (χ2v) is 7.18. The number of carbonyl (C=O) groups excluding carboxylic acids is 1. The summed E-state index contributed by atoms with van der Waals surface area (Å²) in [5.74, 6) is 1.45. The molecule has 0 radical (unpaired) electrons. The molecule has 0 aromatic carbocycles. The van der Waals surface area contributed by atoms with Gasteiger partial charge >= 0.3 is 0 Å². The Kier molecular flexibility index (Phi) is 2.30. The van der Waals surface area contributed by atoms with Gasteiger partial charge in [0.25, 0.3) is 0 Å². The van der Waals surface area contributed by atoms with Gasteiger partial charge in [0, 0.05) is 6.04 Å². The Hall–Kier alpha value is -1.08. The molecule has 2 bridgehead atoms. The normalized spacial score (nSPS) is 47.9. The van der Waals surface area contributed by atoms with E-state index in [0.29, 0.717) is 12.0 Å². The van der Waals surface area contributed by atoms with E-state index in [1.165, 1.54) is 12.8 Å². The van der Waals surface area contributed by atoms with Crippen molar-refractivity contribution in [1.29, 1.82) is 5.26 Å². The second-order valence-electron chi connectivity index (χ2n) is 7.18. The first-order valence-corrected chi connectivity index (χ1v) is 7.62. The molecule has 4 fully saturated rings. The molecule has 1 aliphatic heterocycles. The van der Waals surface area contributed by atoms with Crippen molar-refractivity contribution in [3.8, 4) is 6.07 Å². The molecule has 1 heterocycles. The van der Waals surface area contributed by atoms with E-state index in [1.807, 2.05) is 4.90 Å². The van der Waals surface area contributed by atoms with Gasteiger partial charge < -0.3 is 10.6 Å². The molecular weight excluding hydrogens is 238 g/mol. The minimum absolute atomic E-state index is 0.0642. The maximum absolute atomic E-state index is 12.8. The fraction of sp³-hybridized carbons (Fsp3) is 0.867. The van der Waals surface area contributed by atoms with Gasteiger partial charge in [0.2, 0.25) is 5.91 Å². The highest BCUT2D eigenvalue weighted by Crippen LogP contribution is 2.56. The van der Waals surface area contributed by atoms with Crippen molar-refractivity contribution >= 4 is 5.91 Å². The SMILES string of the molecule is N#CC1CC2CC2N1C(=O)C(N)C12CCC(CC1)C2. The zero-order valence-corrected chi connectivity index (χ0v) is 11.2. The Morgan fingerprint density at radius 1 is 1.37 bits per heavy atom. The molecule has 0 aromatic heterocycles. The summed E-state index contributed by atoms with van der Waals surface area (Å²) in [4.78, 5) is 14.6. The molecule has 4 atom stereocenters. The van der Waals surface area contributed by atoms with E-state index in [1.54, 1.807) is 0 Å². The Balaban J connectivity index is 1.55. The number of rotatable bonds is 2. The van der Waals surface area contributed by atoms with Gasteiger partial charge in [0.05, 0.1) is 12.1 Å². The van der Waals surface area contributed by atoms with Crippen molar-refractivity contribution in [2.45, 2.75) is 63.1 Å². The third kappa shape index (κ3) is 1.51.